The highest BCUT2D eigenvalue weighted by Gasteiger charge is 2.22. The van der Waals surface area contributed by atoms with Crippen molar-refractivity contribution < 1.29 is 18.5 Å². The third kappa shape index (κ3) is 5.25. The molecule has 1 atom stereocenters. The number of carbonyl (C=O) groups excluding carboxylic acids is 2. The maximum absolute atomic E-state index is 13.2. The number of rotatable bonds is 7. The van der Waals surface area contributed by atoms with Crippen molar-refractivity contribution in [1.82, 2.24) is 14.6 Å². The van der Waals surface area contributed by atoms with Crippen LogP contribution in [0.25, 0.3) is 0 Å². The SMILES string of the molecule is CC[C@@H](c1ccc(F)cc1)N(C)C(=O)c1ccc(=O)n(CC(=O)Nc2cc(C)on2)c1. The van der Waals surface area contributed by atoms with Crippen LogP contribution in [0.1, 0.15) is 41.1 Å². The minimum atomic E-state index is -0.480. The molecule has 8 nitrogen and oxygen atoms in total. The van der Waals surface area contributed by atoms with Gasteiger partial charge in [0.2, 0.25) is 5.91 Å². The van der Waals surface area contributed by atoms with Crippen LogP contribution in [0, 0.1) is 12.7 Å². The second-order valence-corrected chi connectivity index (χ2v) is 7.15. The van der Waals surface area contributed by atoms with Gasteiger partial charge in [0.25, 0.3) is 11.5 Å². The molecule has 0 saturated carbocycles. The maximum Gasteiger partial charge on any atom is 0.255 e. The van der Waals surface area contributed by atoms with Crippen LogP contribution >= 0.6 is 0 Å². The molecule has 0 aliphatic rings. The standard InChI is InChI=1S/C22H23FN4O4/c1-4-18(15-5-8-17(23)9-6-15)26(3)22(30)16-7-10-21(29)27(12-16)13-20(28)24-19-11-14(2)31-25-19/h5-12,18H,4,13H2,1-3H3,(H,24,25,28)/t18-/m0/s1. The number of aryl methyl sites for hydroxylation is 1. The average Bonchev–Trinajstić information content (AvgIpc) is 3.15. The van der Waals surface area contributed by atoms with Crippen LogP contribution < -0.4 is 10.9 Å². The second kappa shape index (κ2) is 9.38. The molecule has 0 aliphatic heterocycles. The molecule has 0 bridgehead atoms. The van der Waals surface area contributed by atoms with Gasteiger partial charge in [-0.25, -0.2) is 4.39 Å². The molecule has 162 valence electrons. The van der Waals surface area contributed by atoms with Crippen LogP contribution in [0.2, 0.25) is 0 Å². The van der Waals surface area contributed by atoms with Gasteiger partial charge in [0.15, 0.2) is 5.82 Å². The van der Waals surface area contributed by atoms with Gasteiger partial charge in [0, 0.05) is 25.4 Å². The van der Waals surface area contributed by atoms with E-state index in [9.17, 15) is 18.8 Å². The third-order valence-electron chi connectivity index (χ3n) is 4.87. The number of halogens is 1. The number of pyridine rings is 1. The molecule has 0 saturated heterocycles. The summed E-state index contributed by atoms with van der Waals surface area (Å²) in [7, 11) is 1.65. The van der Waals surface area contributed by atoms with Gasteiger partial charge in [-0.05, 0) is 37.1 Å². The smallest absolute Gasteiger partial charge is 0.255 e. The van der Waals surface area contributed by atoms with E-state index >= 15 is 0 Å². The van der Waals surface area contributed by atoms with E-state index in [2.05, 4.69) is 10.5 Å². The van der Waals surface area contributed by atoms with Crippen molar-refractivity contribution in [1.29, 1.82) is 0 Å². The molecule has 3 aromatic rings. The summed E-state index contributed by atoms with van der Waals surface area (Å²) < 4.78 is 19.3. The predicted molar refractivity (Wildman–Crippen MR) is 112 cm³/mol. The highest BCUT2D eigenvalue weighted by Crippen LogP contribution is 2.24. The van der Waals surface area contributed by atoms with E-state index in [1.807, 2.05) is 6.92 Å². The van der Waals surface area contributed by atoms with Crippen molar-refractivity contribution in [3.05, 3.63) is 81.7 Å². The van der Waals surface area contributed by atoms with Crippen LogP contribution in [-0.2, 0) is 11.3 Å². The Hall–Kier alpha value is -3.75. The Kier molecular flexibility index (Phi) is 6.64. The van der Waals surface area contributed by atoms with Crippen molar-refractivity contribution in [3.8, 4) is 0 Å². The number of benzene rings is 1. The van der Waals surface area contributed by atoms with Crippen molar-refractivity contribution in [2.45, 2.75) is 32.9 Å². The Labute approximate surface area is 178 Å². The minimum Gasteiger partial charge on any atom is -0.360 e. The van der Waals surface area contributed by atoms with Gasteiger partial charge in [-0.15, -0.1) is 0 Å². The van der Waals surface area contributed by atoms with E-state index < -0.39 is 11.5 Å². The Morgan fingerprint density at radius 3 is 2.55 bits per heavy atom. The van der Waals surface area contributed by atoms with Crippen molar-refractivity contribution in [2.75, 3.05) is 12.4 Å². The Balaban J connectivity index is 1.77. The molecule has 1 aromatic carbocycles. The highest BCUT2D eigenvalue weighted by atomic mass is 19.1. The third-order valence-corrected chi connectivity index (χ3v) is 4.87. The molecule has 3 rings (SSSR count). The number of carbonyl (C=O) groups is 2. The van der Waals surface area contributed by atoms with Gasteiger partial charge in [0.05, 0.1) is 11.6 Å². The molecule has 0 spiro atoms. The number of hydrogen-bond donors (Lipinski definition) is 1. The fourth-order valence-corrected chi connectivity index (χ4v) is 3.31. The van der Waals surface area contributed by atoms with Gasteiger partial charge < -0.3 is 19.3 Å². The van der Waals surface area contributed by atoms with E-state index in [0.29, 0.717) is 12.2 Å². The zero-order valence-corrected chi connectivity index (χ0v) is 17.5. The molecule has 2 aromatic heterocycles. The fraction of sp³-hybridized carbons (Fsp3) is 0.273. The van der Waals surface area contributed by atoms with E-state index in [0.717, 1.165) is 10.1 Å². The zero-order valence-electron chi connectivity index (χ0n) is 17.5. The van der Waals surface area contributed by atoms with Crippen molar-refractivity contribution >= 4 is 17.6 Å². The van der Waals surface area contributed by atoms with E-state index in [4.69, 9.17) is 4.52 Å². The first kappa shape index (κ1) is 21.9. The quantitative estimate of drug-likeness (QED) is 0.626. The lowest BCUT2D eigenvalue weighted by Gasteiger charge is -2.28. The van der Waals surface area contributed by atoms with Crippen LogP contribution in [0.5, 0.6) is 0 Å². The number of hydrogen-bond acceptors (Lipinski definition) is 5. The van der Waals surface area contributed by atoms with E-state index in [1.165, 1.54) is 35.4 Å². The van der Waals surface area contributed by atoms with Crippen molar-refractivity contribution in [3.63, 3.8) is 0 Å². The topological polar surface area (TPSA) is 97.4 Å². The van der Waals surface area contributed by atoms with Gasteiger partial charge >= 0.3 is 0 Å². The zero-order chi connectivity index (χ0) is 22.5. The molecule has 0 aliphatic carbocycles. The number of anilines is 1. The number of aromatic nitrogens is 2. The molecule has 0 unspecified atom stereocenters. The summed E-state index contributed by atoms with van der Waals surface area (Å²) in [6, 6.07) is 9.94. The van der Waals surface area contributed by atoms with Gasteiger partial charge in [-0.3, -0.25) is 14.4 Å². The molecular weight excluding hydrogens is 403 g/mol. The predicted octanol–water partition coefficient (Wildman–Crippen LogP) is 3.15. The fourth-order valence-electron chi connectivity index (χ4n) is 3.31. The lowest BCUT2D eigenvalue weighted by atomic mass is 10.0. The molecule has 9 heteroatoms. The summed E-state index contributed by atoms with van der Waals surface area (Å²) >= 11 is 0. The number of nitrogens with zero attached hydrogens (tertiary/aromatic N) is 3. The molecule has 2 heterocycles. The Morgan fingerprint density at radius 1 is 1.23 bits per heavy atom. The summed E-state index contributed by atoms with van der Waals surface area (Å²) in [5.41, 5.74) is 0.638. The van der Waals surface area contributed by atoms with E-state index in [-0.39, 0.29) is 35.7 Å². The van der Waals surface area contributed by atoms with Crippen LogP contribution in [0.4, 0.5) is 10.2 Å². The van der Waals surface area contributed by atoms with E-state index in [1.54, 1.807) is 32.2 Å². The van der Waals surface area contributed by atoms with Crippen LogP contribution in [0.15, 0.2) is 58.0 Å². The monoisotopic (exact) mass is 426 g/mol. The summed E-state index contributed by atoms with van der Waals surface area (Å²) in [4.78, 5) is 39.0. The number of amides is 2. The summed E-state index contributed by atoms with van der Waals surface area (Å²) in [5.74, 6) is -0.371. The van der Waals surface area contributed by atoms with Crippen LogP contribution in [0.3, 0.4) is 0 Å². The minimum absolute atomic E-state index is 0.243. The first-order valence-electron chi connectivity index (χ1n) is 9.74. The molecular formula is C22H23FN4O4. The van der Waals surface area contributed by atoms with Gasteiger partial charge in [0.1, 0.15) is 18.1 Å². The second-order valence-electron chi connectivity index (χ2n) is 7.15. The molecule has 0 radical (unpaired) electrons. The summed E-state index contributed by atoms with van der Waals surface area (Å²) in [6.07, 6.45) is 1.97. The largest absolute Gasteiger partial charge is 0.360 e. The Bertz CT molecular complexity index is 1140. The lowest BCUT2D eigenvalue weighted by Crippen LogP contribution is -2.33. The molecule has 2 amide bonds. The molecule has 0 fully saturated rings. The van der Waals surface area contributed by atoms with Gasteiger partial charge in [-0.1, -0.05) is 24.2 Å². The maximum atomic E-state index is 13.2. The van der Waals surface area contributed by atoms with Gasteiger partial charge in [-0.2, -0.15) is 0 Å². The first-order chi connectivity index (χ1) is 14.8. The molecule has 1 N–H and O–H groups in total. The Morgan fingerprint density at radius 2 is 1.94 bits per heavy atom. The first-order valence-corrected chi connectivity index (χ1v) is 9.74. The summed E-state index contributed by atoms with van der Waals surface area (Å²) in [6.45, 7) is 3.33. The normalized spacial score (nSPS) is 11.7. The van der Waals surface area contributed by atoms with Crippen molar-refractivity contribution in [2.24, 2.45) is 0 Å². The van der Waals surface area contributed by atoms with Crippen LogP contribution in [-0.4, -0.2) is 33.5 Å². The molecule has 31 heavy (non-hydrogen) atoms. The summed E-state index contributed by atoms with van der Waals surface area (Å²) in [5, 5.41) is 6.21. The number of nitrogens with one attached hydrogen (secondary N) is 1. The highest BCUT2D eigenvalue weighted by molar-refractivity contribution is 5.94. The lowest BCUT2D eigenvalue weighted by molar-refractivity contribution is -0.116. The average molecular weight is 426 g/mol.